The Morgan fingerprint density at radius 2 is 1.84 bits per heavy atom. The molecule has 4 heterocycles. The summed E-state index contributed by atoms with van der Waals surface area (Å²) in [6, 6.07) is 16.2. The van der Waals surface area contributed by atoms with E-state index in [1.807, 2.05) is 55.0 Å². The van der Waals surface area contributed by atoms with Gasteiger partial charge in [-0.2, -0.15) is 0 Å². The highest BCUT2D eigenvalue weighted by Crippen LogP contribution is 2.38. The summed E-state index contributed by atoms with van der Waals surface area (Å²) in [4.78, 5) is 11.3. The van der Waals surface area contributed by atoms with Crippen LogP contribution in [-0.2, 0) is 0 Å². The van der Waals surface area contributed by atoms with E-state index in [4.69, 9.17) is 12.2 Å². The van der Waals surface area contributed by atoms with Crippen LogP contribution in [0.25, 0.3) is 5.82 Å². The van der Waals surface area contributed by atoms with E-state index in [1.165, 1.54) is 0 Å². The first kappa shape index (κ1) is 15.8. The van der Waals surface area contributed by atoms with Gasteiger partial charge in [0.05, 0.1) is 17.8 Å². The first-order valence-corrected chi connectivity index (χ1v) is 8.77. The summed E-state index contributed by atoms with van der Waals surface area (Å²) in [6.07, 6.45) is 5.68. The van der Waals surface area contributed by atoms with Crippen molar-refractivity contribution in [3.63, 3.8) is 0 Å². The van der Waals surface area contributed by atoms with E-state index in [9.17, 15) is 0 Å². The molecule has 2 atom stereocenters. The molecular weight excluding hydrogens is 330 g/mol. The van der Waals surface area contributed by atoms with E-state index in [0.717, 1.165) is 28.9 Å². The molecule has 0 unspecified atom stereocenters. The van der Waals surface area contributed by atoms with Crippen LogP contribution in [0.3, 0.4) is 0 Å². The quantitative estimate of drug-likeness (QED) is 0.733. The SMILES string of the molecule is CCN1C(=S)N[C@H](c2ccccn2)[C@H]1c1cccn1-c1ccccn1. The van der Waals surface area contributed by atoms with E-state index in [2.05, 4.69) is 43.8 Å². The fourth-order valence-electron chi connectivity index (χ4n) is 3.41. The van der Waals surface area contributed by atoms with Crippen molar-refractivity contribution in [1.29, 1.82) is 0 Å². The molecule has 0 spiro atoms. The number of nitrogens with one attached hydrogen (secondary N) is 1. The van der Waals surface area contributed by atoms with Gasteiger partial charge >= 0.3 is 0 Å². The number of thiocarbonyl (C=S) groups is 1. The molecule has 1 aliphatic heterocycles. The van der Waals surface area contributed by atoms with E-state index >= 15 is 0 Å². The van der Waals surface area contributed by atoms with Gasteiger partial charge in [-0.3, -0.25) is 4.98 Å². The maximum atomic E-state index is 5.59. The van der Waals surface area contributed by atoms with Crippen molar-refractivity contribution in [2.45, 2.75) is 19.0 Å². The Kier molecular flexibility index (Phi) is 4.19. The first-order valence-electron chi connectivity index (χ1n) is 8.36. The highest BCUT2D eigenvalue weighted by Gasteiger charge is 2.40. The lowest BCUT2D eigenvalue weighted by Gasteiger charge is -2.27. The molecule has 1 fully saturated rings. The largest absolute Gasteiger partial charge is 0.352 e. The Morgan fingerprint density at radius 1 is 1.04 bits per heavy atom. The lowest BCUT2D eigenvalue weighted by Crippen LogP contribution is -2.30. The molecule has 0 amide bonds. The summed E-state index contributed by atoms with van der Waals surface area (Å²) in [5.41, 5.74) is 2.13. The van der Waals surface area contributed by atoms with Gasteiger partial charge in [0.2, 0.25) is 0 Å². The van der Waals surface area contributed by atoms with Crippen molar-refractivity contribution >= 4 is 17.3 Å². The number of pyridine rings is 2. The summed E-state index contributed by atoms with van der Waals surface area (Å²) in [6.45, 7) is 2.95. The first-order chi connectivity index (χ1) is 12.3. The van der Waals surface area contributed by atoms with Gasteiger partial charge in [-0.1, -0.05) is 12.1 Å². The normalized spacial score (nSPS) is 19.9. The Bertz CT molecular complexity index is 862. The maximum absolute atomic E-state index is 5.59. The van der Waals surface area contributed by atoms with E-state index in [1.54, 1.807) is 0 Å². The number of likely N-dealkylation sites (N-methyl/N-ethyl adjacent to an activating group) is 1. The minimum atomic E-state index is 0.00557. The van der Waals surface area contributed by atoms with E-state index < -0.39 is 0 Å². The second-order valence-electron chi connectivity index (χ2n) is 5.90. The van der Waals surface area contributed by atoms with Gasteiger partial charge in [-0.05, 0) is 55.5 Å². The monoisotopic (exact) mass is 349 g/mol. The molecule has 5 nitrogen and oxygen atoms in total. The third-order valence-corrected chi connectivity index (χ3v) is 4.87. The zero-order valence-corrected chi connectivity index (χ0v) is 14.7. The molecule has 4 rings (SSSR count). The number of nitrogens with zero attached hydrogens (tertiary/aromatic N) is 4. The predicted octanol–water partition coefficient (Wildman–Crippen LogP) is 3.26. The Morgan fingerprint density at radius 3 is 2.52 bits per heavy atom. The number of hydrogen-bond acceptors (Lipinski definition) is 3. The van der Waals surface area contributed by atoms with Gasteiger partial charge in [0, 0.05) is 30.8 Å². The molecule has 3 aromatic heterocycles. The van der Waals surface area contributed by atoms with Gasteiger partial charge in [-0.25, -0.2) is 4.98 Å². The van der Waals surface area contributed by atoms with Gasteiger partial charge in [-0.15, -0.1) is 0 Å². The highest BCUT2D eigenvalue weighted by molar-refractivity contribution is 7.80. The molecular formula is C19H19N5S. The Hall–Kier alpha value is -2.73. The molecule has 0 saturated carbocycles. The third-order valence-electron chi connectivity index (χ3n) is 4.52. The van der Waals surface area contributed by atoms with Crippen LogP contribution < -0.4 is 5.32 Å². The Labute approximate surface area is 152 Å². The zero-order valence-electron chi connectivity index (χ0n) is 13.9. The maximum Gasteiger partial charge on any atom is 0.170 e. The fourth-order valence-corrected chi connectivity index (χ4v) is 3.78. The predicted molar refractivity (Wildman–Crippen MR) is 101 cm³/mol. The summed E-state index contributed by atoms with van der Waals surface area (Å²) in [5.74, 6) is 0.899. The molecule has 0 bridgehead atoms. The third kappa shape index (κ3) is 2.78. The van der Waals surface area contributed by atoms with Crippen LogP contribution in [0.15, 0.2) is 67.1 Å². The van der Waals surface area contributed by atoms with Crippen LogP contribution in [0.5, 0.6) is 0 Å². The lowest BCUT2D eigenvalue weighted by atomic mass is 10.0. The van der Waals surface area contributed by atoms with Crippen molar-refractivity contribution in [3.8, 4) is 5.82 Å². The molecule has 126 valence electrons. The second kappa shape index (κ2) is 6.64. The van der Waals surface area contributed by atoms with Gasteiger partial charge in [0.25, 0.3) is 0 Å². The van der Waals surface area contributed by atoms with Crippen molar-refractivity contribution in [1.82, 2.24) is 24.8 Å². The Balaban J connectivity index is 1.81. The van der Waals surface area contributed by atoms with E-state index in [0.29, 0.717) is 0 Å². The summed E-state index contributed by atoms with van der Waals surface area (Å²) in [7, 11) is 0. The summed E-state index contributed by atoms with van der Waals surface area (Å²) in [5, 5.41) is 4.21. The van der Waals surface area contributed by atoms with E-state index in [-0.39, 0.29) is 12.1 Å². The van der Waals surface area contributed by atoms with Crippen LogP contribution in [0, 0.1) is 0 Å². The second-order valence-corrected chi connectivity index (χ2v) is 6.29. The smallest absolute Gasteiger partial charge is 0.170 e. The molecule has 0 aromatic carbocycles. The van der Waals surface area contributed by atoms with Crippen LogP contribution in [0.1, 0.15) is 30.4 Å². The molecule has 6 heteroatoms. The summed E-state index contributed by atoms with van der Waals surface area (Å²) >= 11 is 5.59. The van der Waals surface area contributed by atoms with Gasteiger partial charge < -0.3 is 14.8 Å². The average molecular weight is 349 g/mol. The molecule has 3 aromatic rings. The number of aromatic nitrogens is 3. The van der Waals surface area contributed by atoms with Crippen LogP contribution >= 0.6 is 12.2 Å². The van der Waals surface area contributed by atoms with Crippen molar-refractivity contribution < 1.29 is 0 Å². The minimum absolute atomic E-state index is 0.00557. The van der Waals surface area contributed by atoms with Crippen molar-refractivity contribution in [2.75, 3.05) is 6.54 Å². The minimum Gasteiger partial charge on any atom is -0.352 e. The van der Waals surface area contributed by atoms with Crippen LogP contribution in [-0.4, -0.2) is 31.1 Å². The summed E-state index contributed by atoms with van der Waals surface area (Å²) < 4.78 is 2.12. The molecule has 25 heavy (non-hydrogen) atoms. The van der Waals surface area contributed by atoms with Gasteiger partial charge in [0.1, 0.15) is 5.82 Å². The molecule has 1 aliphatic rings. The topological polar surface area (TPSA) is 46.0 Å². The van der Waals surface area contributed by atoms with Gasteiger partial charge in [0.15, 0.2) is 5.11 Å². The average Bonchev–Trinajstić information content (AvgIpc) is 3.27. The standard InChI is InChI=1S/C19H19N5S/c1-2-23-18(17(22-19(23)25)14-8-3-5-11-20-14)15-9-7-13-24(15)16-10-4-6-12-21-16/h3-13,17-18H,2H2,1H3,(H,22,25)/t17-,18-/m1/s1. The van der Waals surface area contributed by atoms with Crippen LogP contribution in [0.4, 0.5) is 0 Å². The fraction of sp³-hybridized carbons (Fsp3) is 0.211. The number of hydrogen-bond donors (Lipinski definition) is 1. The van der Waals surface area contributed by atoms with Crippen LogP contribution in [0.2, 0.25) is 0 Å². The molecule has 0 radical (unpaired) electrons. The highest BCUT2D eigenvalue weighted by atomic mass is 32.1. The molecule has 0 aliphatic carbocycles. The molecule has 1 saturated heterocycles. The van der Waals surface area contributed by atoms with Crippen molar-refractivity contribution in [3.05, 3.63) is 78.5 Å². The van der Waals surface area contributed by atoms with Crippen molar-refractivity contribution in [2.24, 2.45) is 0 Å². The number of rotatable bonds is 4. The zero-order chi connectivity index (χ0) is 17.2. The lowest BCUT2D eigenvalue weighted by molar-refractivity contribution is 0.321. The molecule has 1 N–H and O–H groups in total.